The summed E-state index contributed by atoms with van der Waals surface area (Å²) in [6, 6.07) is 13.3. The van der Waals surface area contributed by atoms with Crippen LogP contribution in [0.5, 0.6) is 17.2 Å². The van der Waals surface area contributed by atoms with Gasteiger partial charge in [0.2, 0.25) is 5.91 Å². The summed E-state index contributed by atoms with van der Waals surface area (Å²) in [5.74, 6) is 2.78. The SMILES string of the molecule is COc1cc(N2CCCC2=O)ccc1OCCN1CCCC1.Oc1ccc(C2CC2)cc1. The first kappa shape index (κ1) is 22.5. The number of phenols is 1. The predicted octanol–water partition coefficient (Wildman–Crippen LogP) is 4.57. The highest BCUT2D eigenvalue weighted by molar-refractivity contribution is 5.95. The Kier molecular flexibility index (Phi) is 7.53. The molecule has 1 aliphatic carbocycles. The largest absolute Gasteiger partial charge is 0.508 e. The molecule has 2 aromatic rings. The standard InChI is InChI=1S/C17H24N2O3.C9H10O/c1-21-16-13-14(19-10-4-5-17(19)20)6-7-15(16)22-12-11-18-8-2-3-9-18;10-9-5-3-8(4-6-9)7-1-2-7/h6-7,13H,2-5,8-12H2,1H3;3-7,10H,1-2H2. The van der Waals surface area contributed by atoms with E-state index in [0.717, 1.165) is 36.9 Å². The Balaban J connectivity index is 0.000000203. The van der Waals surface area contributed by atoms with Crippen LogP contribution in [0.3, 0.4) is 0 Å². The van der Waals surface area contributed by atoms with Gasteiger partial charge in [0, 0.05) is 31.3 Å². The van der Waals surface area contributed by atoms with Gasteiger partial charge in [0.05, 0.1) is 7.11 Å². The van der Waals surface area contributed by atoms with Gasteiger partial charge >= 0.3 is 0 Å². The fraction of sp³-hybridized carbons (Fsp3) is 0.500. The number of likely N-dealkylation sites (tertiary alicyclic amines) is 1. The number of rotatable bonds is 7. The van der Waals surface area contributed by atoms with Crippen LogP contribution >= 0.6 is 0 Å². The van der Waals surface area contributed by atoms with Gasteiger partial charge in [0.1, 0.15) is 12.4 Å². The minimum absolute atomic E-state index is 0.185. The van der Waals surface area contributed by atoms with Crippen LogP contribution in [0.25, 0.3) is 0 Å². The molecule has 5 rings (SSSR count). The van der Waals surface area contributed by atoms with Crippen molar-refractivity contribution in [2.24, 2.45) is 0 Å². The van der Waals surface area contributed by atoms with Gasteiger partial charge < -0.3 is 19.5 Å². The van der Waals surface area contributed by atoms with Gasteiger partial charge in [-0.05, 0) is 80.9 Å². The molecule has 172 valence electrons. The average Bonchev–Trinajstić information content (AvgIpc) is 3.36. The van der Waals surface area contributed by atoms with E-state index in [1.165, 1.54) is 44.3 Å². The fourth-order valence-corrected chi connectivity index (χ4v) is 4.32. The van der Waals surface area contributed by atoms with Gasteiger partial charge in [-0.25, -0.2) is 0 Å². The summed E-state index contributed by atoms with van der Waals surface area (Å²) in [6.07, 6.45) is 6.80. The molecule has 1 N–H and O–H groups in total. The van der Waals surface area contributed by atoms with E-state index in [1.807, 2.05) is 35.2 Å². The van der Waals surface area contributed by atoms with Crippen LogP contribution in [-0.2, 0) is 4.79 Å². The third kappa shape index (κ3) is 5.94. The third-order valence-electron chi connectivity index (χ3n) is 6.34. The Bertz CT molecular complexity index is 889. The lowest BCUT2D eigenvalue weighted by atomic mass is 10.1. The fourth-order valence-electron chi connectivity index (χ4n) is 4.32. The van der Waals surface area contributed by atoms with E-state index in [4.69, 9.17) is 14.6 Å². The number of carbonyl (C=O) groups excluding carboxylic acids is 1. The summed E-state index contributed by atoms with van der Waals surface area (Å²) < 4.78 is 11.3. The van der Waals surface area contributed by atoms with Crippen LogP contribution in [0.2, 0.25) is 0 Å². The molecule has 1 saturated carbocycles. The molecule has 2 aromatic carbocycles. The first-order chi connectivity index (χ1) is 15.6. The minimum Gasteiger partial charge on any atom is -0.508 e. The quantitative estimate of drug-likeness (QED) is 0.686. The van der Waals surface area contributed by atoms with Crippen LogP contribution < -0.4 is 14.4 Å². The summed E-state index contributed by atoms with van der Waals surface area (Å²) in [7, 11) is 1.64. The summed E-state index contributed by atoms with van der Waals surface area (Å²) in [5.41, 5.74) is 2.27. The highest BCUT2D eigenvalue weighted by atomic mass is 16.5. The number of hydrogen-bond donors (Lipinski definition) is 1. The lowest BCUT2D eigenvalue weighted by molar-refractivity contribution is -0.117. The number of methoxy groups -OCH3 is 1. The molecule has 0 spiro atoms. The van der Waals surface area contributed by atoms with Crippen molar-refractivity contribution < 1.29 is 19.4 Å². The molecule has 2 saturated heterocycles. The van der Waals surface area contributed by atoms with Crippen molar-refractivity contribution in [2.45, 2.75) is 44.4 Å². The lowest BCUT2D eigenvalue weighted by Crippen LogP contribution is -2.25. The van der Waals surface area contributed by atoms with E-state index in [9.17, 15) is 4.79 Å². The Hall–Kier alpha value is -2.73. The molecular weight excluding hydrogens is 404 g/mol. The molecule has 2 heterocycles. The van der Waals surface area contributed by atoms with Crippen LogP contribution in [0.1, 0.15) is 50.0 Å². The molecule has 2 aliphatic heterocycles. The topological polar surface area (TPSA) is 62.2 Å². The van der Waals surface area contributed by atoms with E-state index < -0.39 is 0 Å². The second-order valence-electron chi connectivity index (χ2n) is 8.75. The number of benzene rings is 2. The molecule has 0 bridgehead atoms. The van der Waals surface area contributed by atoms with E-state index in [0.29, 0.717) is 24.5 Å². The summed E-state index contributed by atoms with van der Waals surface area (Å²) in [6.45, 7) is 4.76. The van der Waals surface area contributed by atoms with Gasteiger partial charge in [-0.2, -0.15) is 0 Å². The number of ether oxygens (including phenoxy) is 2. The van der Waals surface area contributed by atoms with Crippen LogP contribution in [-0.4, -0.2) is 55.8 Å². The summed E-state index contributed by atoms with van der Waals surface area (Å²) in [4.78, 5) is 16.1. The first-order valence-electron chi connectivity index (χ1n) is 11.8. The number of amides is 1. The predicted molar refractivity (Wildman–Crippen MR) is 126 cm³/mol. The minimum atomic E-state index is 0.185. The highest BCUT2D eigenvalue weighted by Gasteiger charge is 2.23. The molecule has 0 radical (unpaired) electrons. The molecule has 1 amide bonds. The summed E-state index contributed by atoms with van der Waals surface area (Å²) >= 11 is 0. The molecule has 0 unspecified atom stereocenters. The number of carbonyl (C=O) groups is 1. The zero-order chi connectivity index (χ0) is 22.3. The molecule has 3 aliphatic rings. The second kappa shape index (κ2) is 10.7. The van der Waals surface area contributed by atoms with E-state index in [1.54, 1.807) is 19.2 Å². The maximum Gasteiger partial charge on any atom is 0.227 e. The third-order valence-corrected chi connectivity index (χ3v) is 6.34. The molecule has 3 fully saturated rings. The number of phenolic OH excluding ortho intramolecular Hbond substituents is 1. The maximum atomic E-state index is 11.8. The van der Waals surface area contributed by atoms with Crippen LogP contribution in [0.4, 0.5) is 5.69 Å². The smallest absolute Gasteiger partial charge is 0.227 e. The van der Waals surface area contributed by atoms with Crippen molar-refractivity contribution in [1.82, 2.24) is 4.90 Å². The summed E-state index contributed by atoms with van der Waals surface area (Å²) in [5, 5.41) is 8.96. The van der Waals surface area contributed by atoms with E-state index in [2.05, 4.69) is 4.90 Å². The molecule has 6 nitrogen and oxygen atoms in total. The molecule has 0 aromatic heterocycles. The maximum absolute atomic E-state index is 11.8. The molecular formula is C26H34N2O4. The van der Waals surface area contributed by atoms with Crippen molar-refractivity contribution in [3.05, 3.63) is 48.0 Å². The number of hydrogen-bond acceptors (Lipinski definition) is 5. The first-order valence-corrected chi connectivity index (χ1v) is 11.8. The Morgan fingerprint density at radius 2 is 1.72 bits per heavy atom. The van der Waals surface area contributed by atoms with Gasteiger partial charge in [-0.3, -0.25) is 9.69 Å². The molecule has 0 atom stereocenters. The van der Waals surface area contributed by atoms with E-state index in [-0.39, 0.29) is 5.91 Å². The van der Waals surface area contributed by atoms with Crippen molar-refractivity contribution in [2.75, 3.05) is 44.8 Å². The van der Waals surface area contributed by atoms with Crippen LogP contribution in [0, 0.1) is 0 Å². The Morgan fingerprint density at radius 3 is 2.34 bits per heavy atom. The normalized spacial score (nSPS) is 18.4. The Labute approximate surface area is 190 Å². The molecule has 32 heavy (non-hydrogen) atoms. The Morgan fingerprint density at radius 1 is 0.969 bits per heavy atom. The zero-order valence-corrected chi connectivity index (χ0v) is 19.0. The monoisotopic (exact) mass is 438 g/mol. The van der Waals surface area contributed by atoms with Crippen molar-refractivity contribution in [3.8, 4) is 17.2 Å². The van der Waals surface area contributed by atoms with Gasteiger partial charge in [-0.15, -0.1) is 0 Å². The van der Waals surface area contributed by atoms with Gasteiger partial charge in [0.25, 0.3) is 0 Å². The van der Waals surface area contributed by atoms with Crippen molar-refractivity contribution >= 4 is 11.6 Å². The van der Waals surface area contributed by atoms with E-state index >= 15 is 0 Å². The number of anilines is 1. The van der Waals surface area contributed by atoms with Crippen molar-refractivity contribution in [1.29, 1.82) is 0 Å². The molecule has 6 heteroatoms. The average molecular weight is 439 g/mol. The lowest BCUT2D eigenvalue weighted by Gasteiger charge is -2.19. The highest BCUT2D eigenvalue weighted by Crippen LogP contribution is 2.40. The van der Waals surface area contributed by atoms with Gasteiger partial charge in [0.15, 0.2) is 11.5 Å². The number of aromatic hydroxyl groups is 1. The zero-order valence-electron chi connectivity index (χ0n) is 19.0. The van der Waals surface area contributed by atoms with Crippen LogP contribution in [0.15, 0.2) is 42.5 Å². The number of nitrogens with zero attached hydrogens (tertiary/aromatic N) is 2. The van der Waals surface area contributed by atoms with Gasteiger partial charge in [-0.1, -0.05) is 12.1 Å². The van der Waals surface area contributed by atoms with Crippen molar-refractivity contribution in [3.63, 3.8) is 0 Å². The second-order valence-corrected chi connectivity index (χ2v) is 8.75.